The fraction of sp³-hybridized carbons (Fsp3) is 0.833. The average molecular weight is 295 g/mol. The van der Waals surface area contributed by atoms with Crippen LogP contribution < -0.4 is 0 Å². The number of halogens is 3. The molecule has 1 saturated carbocycles. The Bertz CT molecular complexity index is 412. The second-order valence-electron chi connectivity index (χ2n) is 5.17. The van der Waals surface area contributed by atoms with E-state index in [1.807, 2.05) is 0 Å². The Balaban J connectivity index is 2.02. The molecule has 5 nitrogen and oxygen atoms in total. The van der Waals surface area contributed by atoms with Gasteiger partial charge in [0.2, 0.25) is 5.91 Å². The molecule has 0 aromatic heterocycles. The zero-order chi connectivity index (χ0) is 15.1. The standard InChI is InChI=1S/C12H16F3NO4/c1-2-20-9-3-6(9)10(17)16-4-7(11(18)19)8(5-16)12(13,14)15/h6-9H,2-5H2,1H3,(H,18,19)/t6?,7-,8-,9?/m1/s1. The molecule has 2 rings (SSSR count). The van der Waals surface area contributed by atoms with E-state index in [4.69, 9.17) is 9.84 Å². The maximum absolute atomic E-state index is 12.8. The molecule has 1 aliphatic carbocycles. The summed E-state index contributed by atoms with van der Waals surface area (Å²) in [7, 11) is 0. The molecular weight excluding hydrogens is 279 g/mol. The lowest BCUT2D eigenvalue weighted by molar-refractivity contribution is -0.188. The van der Waals surface area contributed by atoms with Crippen LogP contribution in [0.2, 0.25) is 0 Å². The average Bonchev–Trinajstić information content (AvgIpc) is 2.93. The van der Waals surface area contributed by atoms with Gasteiger partial charge in [0.25, 0.3) is 0 Å². The first kappa shape index (κ1) is 15.1. The van der Waals surface area contributed by atoms with Gasteiger partial charge in [0.05, 0.1) is 23.9 Å². The predicted molar refractivity (Wildman–Crippen MR) is 60.8 cm³/mol. The largest absolute Gasteiger partial charge is 0.481 e. The van der Waals surface area contributed by atoms with Gasteiger partial charge in [-0.1, -0.05) is 0 Å². The Kier molecular flexibility index (Phi) is 3.95. The van der Waals surface area contributed by atoms with Gasteiger partial charge in [-0.25, -0.2) is 0 Å². The minimum atomic E-state index is -4.61. The quantitative estimate of drug-likeness (QED) is 0.844. The SMILES string of the molecule is CCOC1CC1C(=O)N1C[C@@H](C(F)(F)F)[C@H](C(=O)O)C1. The summed E-state index contributed by atoms with van der Waals surface area (Å²) in [5.74, 6) is -5.94. The predicted octanol–water partition coefficient (Wildman–Crippen LogP) is 1.13. The Labute approximate surface area is 113 Å². The molecule has 8 heteroatoms. The molecule has 0 radical (unpaired) electrons. The van der Waals surface area contributed by atoms with Crippen LogP contribution in [0.25, 0.3) is 0 Å². The van der Waals surface area contributed by atoms with E-state index < -0.39 is 42.4 Å². The minimum absolute atomic E-state index is 0.235. The van der Waals surface area contributed by atoms with E-state index >= 15 is 0 Å². The van der Waals surface area contributed by atoms with Crippen molar-refractivity contribution >= 4 is 11.9 Å². The van der Waals surface area contributed by atoms with E-state index in [9.17, 15) is 22.8 Å². The lowest BCUT2D eigenvalue weighted by atomic mass is 9.96. The molecule has 114 valence electrons. The Morgan fingerprint density at radius 1 is 1.30 bits per heavy atom. The van der Waals surface area contributed by atoms with Crippen LogP contribution in [-0.4, -0.2) is 53.9 Å². The van der Waals surface area contributed by atoms with Crippen molar-refractivity contribution in [3.05, 3.63) is 0 Å². The van der Waals surface area contributed by atoms with E-state index in [2.05, 4.69) is 0 Å². The van der Waals surface area contributed by atoms with Crippen molar-refractivity contribution in [2.75, 3.05) is 19.7 Å². The van der Waals surface area contributed by atoms with Crippen LogP contribution in [0, 0.1) is 17.8 Å². The number of hydrogen-bond donors (Lipinski definition) is 1. The summed E-state index contributed by atoms with van der Waals surface area (Å²) >= 11 is 0. The highest BCUT2D eigenvalue weighted by Crippen LogP contribution is 2.41. The molecule has 2 unspecified atom stereocenters. The third-order valence-corrected chi connectivity index (χ3v) is 3.80. The lowest BCUT2D eigenvalue weighted by Crippen LogP contribution is -2.34. The number of ether oxygens (including phenoxy) is 1. The number of aliphatic carboxylic acids is 1. The van der Waals surface area contributed by atoms with Crippen LogP contribution in [0.4, 0.5) is 13.2 Å². The summed E-state index contributed by atoms with van der Waals surface area (Å²) in [6.45, 7) is 1.26. The molecule has 1 aliphatic heterocycles. The van der Waals surface area contributed by atoms with Gasteiger partial charge in [-0.2, -0.15) is 13.2 Å². The van der Waals surface area contributed by atoms with Crippen molar-refractivity contribution in [2.45, 2.75) is 25.6 Å². The summed E-state index contributed by atoms with van der Waals surface area (Å²) in [4.78, 5) is 24.0. The Morgan fingerprint density at radius 2 is 1.95 bits per heavy atom. The molecular formula is C12H16F3NO4. The summed E-state index contributed by atoms with van der Waals surface area (Å²) in [5.41, 5.74) is 0. The Morgan fingerprint density at radius 3 is 2.40 bits per heavy atom. The zero-order valence-electron chi connectivity index (χ0n) is 10.9. The molecule has 2 aliphatic rings. The van der Waals surface area contributed by atoms with Crippen molar-refractivity contribution in [1.82, 2.24) is 4.90 Å². The first-order valence-electron chi connectivity index (χ1n) is 6.45. The third-order valence-electron chi connectivity index (χ3n) is 3.80. The molecule has 1 N–H and O–H groups in total. The van der Waals surface area contributed by atoms with Crippen molar-refractivity contribution < 1.29 is 32.6 Å². The molecule has 4 atom stereocenters. The second-order valence-corrected chi connectivity index (χ2v) is 5.17. The van der Waals surface area contributed by atoms with Gasteiger partial charge in [-0.15, -0.1) is 0 Å². The van der Waals surface area contributed by atoms with Crippen molar-refractivity contribution in [3.63, 3.8) is 0 Å². The highest BCUT2D eigenvalue weighted by Gasteiger charge is 2.56. The van der Waals surface area contributed by atoms with Crippen LogP contribution in [0.1, 0.15) is 13.3 Å². The number of likely N-dealkylation sites (tertiary alicyclic amines) is 1. The number of carboxylic acid groups (broad SMARTS) is 1. The van der Waals surface area contributed by atoms with E-state index in [-0.39, 0.29) is 12.6 Å². The maximum atomic E-state index is 12.8. The number of carbonyl (C=O) groups is 2. The molecule has 0 aromatic carbocycles. The molecule has 0 bridgehead atoms. The zero-order valence-corrected chi connectivity index (χ0v) is 10.9. The number of carbonyl (C=O) groups excluding carboxylic acids is 1. The van der Waals surface area contributed by atoms with Crippen molar-refractivity contribution in [2.24, 2.45) is 17.8 Å². The number of hydrogen-bond acceptors (Lipinski definition) is 3. The number of alkyl halides is 3. The van der Waals surface area contributed by atoms with E-state index in [1.54, 1.807) is 6.92 Å². The highest BCUT2D eigenvalue weighted by atomic mass is 19.4. The van der Waals surface area contributed by atoms with Crippen LogP contribution in [0.5, 0.6) is 0 Å². The van der Waals surface area contributed by atoms with E-state index in [0.717, 1.165) is 4.90 Å². The first-order valence-corrected chi connectivity index (χ1v) is 6.45. The topological polar surface area (TPSA) is 66.8 Å². The molecule has 1 saturated heterocycles. The lowest BCUT2D eigenvalue weighted by Gasteiger charge is -2.18. The van der Waals surface area contributed by atoms with E-state index in [0.29, 0.717) is 13.0 Å². The van der Waals surface area contributed by atoms with Gasteiger partial charge < -0.3 is 14.7 Å². The van der Waals surface area contributed by atoms with Gasteiger partial charge in [0.1, 0.15) is 0 Å². The van der Waals surface area contributed by atoms with Gasteiger partial charge in [0, 0.05) is 19.7 Å². The van der Waals surface area contributed by atoms with Crippen molar-refractivity contribution in [1.29, 1.82) is 0 Å². The number of nitrogens with zero attached hydrogens (tertiary/aromatic N) is 1. The summed E-state index contributed by atoms with van der Waals surface area (Å²) in [6, 6.07) is 0. The summed E-state index contributed by atoms with van der Waals surface area (Å²) in [6.07, 6.45) is -4.35. The fourth-order valence-electron chi connectivity index (χ4n) is 2.63. The molecule has 20 heavy (non-hydrogen) atoms. The van der Waals surface area contributed by atoms with Gasteiger partial charge in [-0.3, -0.25) is 9.59 Å². The molecule has 2 fully saturated rings. The normalized spacial score (nSPS) is 33.3. The van der Waals surface area contributed by atoms with Crippen LogP contribution in [-0.2, 0) is 14.3 Å². The van der Waals surface area contributed by atoms with Crippen LogP contribution >= 0.6 is 0 Å². The molecule has 0 aromatic rings. The van der Waals surface area contributed by atoms with Crippen molar-refractivity contribution in [3.8, 4) is 0 Å². The monoisotopic (exact) mass is 295 g/mol. The first-order chi connectivity index (χ1) is 9.25. The van der Waals surface area contributed by atoms with Gasteiger partial charge in [-0.05, 0) is 13.3 Å². The Hall–Kier alpha value is -1.31. The van der Waals surface area contributed by atoms with Crippen LogP contribution in [0.15, 0.2) is 0 Å². The maximum Gasteiger partial charge on any atom is 0.394 e. The third kappa shape index (κ3) is 2.89. The molecule has 0 spiro atoms. The fourth-order valence-corrected chi connectivity index (χ4v) is 2.63. The number of carboxylic acids is 1. The highest BCUT2D eigenvalue weighted by molar-refractivity contribution is 5.83. The molecule has 1 amide bonds. The number of rotatable bonds is 4. The summed E-state index contributed by atoms with van der Waals surface area (Å²) in [5, 5.41) is 8.87. The van der Waals surface area contributed by atoms with E-state index in [1.165, 1.54) is 0 Å². The van der Waals surface area contributed by atoms with Crippen LogP contribution in [0.3, 0.4) is 0 Å². The number of amides is 1. The second kappa shape index (κ2) is 5.23. The minimum Gasteiger partial charge on any atom is -0.481 e. The summed E-state index contributed by atoms with van der Waals surface area (Å²) < 4.78 is 43.6. The smallest absolute Gasteiger partial charge is 0.394 e. The molecule has 1 heterocycles. The van der Waals surface area contributed by atoms with Gasteiger partial charge >= 0.3 is 12.1 Å². The van der Waals surface area contributed by atoms with Gasteiger partial charge in [0.15, 0.2) is 0 Å².